The fourth-order valence-corrected chi connectivity index (χ4v) is 4.87. The molecule has 3 aromatic carbocycles. The van der Waals surface area contributed by atoms with Crippen molar-refractivity contribution < 1.29 is 9.53 Å². The summed E-state index contributed by atoms with van der Waals surface area (Å²) in [6.07, 6.45) is 2.89. The van der Waals surface area contributed by atoms with E-state index >= 15 is 0 Å². The molecule has 1 amide bonds. The van der Waals surface area contributed by atoms with Crippen molar-refractivity contribution in [2.75, 3.05) is 13.2 Å². The first-order valence-electron chi connectivity index (χ1n) is 11.0. The molecule has 0 aliphatic carbocycles. The number of nitrogens with zero attached hydrogens (tertiary/aromatic N) is 2. The lowest BCUT2D eigenvalue weighted by atomic mass is 10.0. The van der Waals surface area contributed by atoms with Gasteiger partial charge in [0.1, 0.15) is 5.75 Å². The van der Waals surface area contributed by atoms with Gasteiger partial charge in [0, 0.05) is 12.1 Å². The highest BCUT2D eigenvalue weighted by atomic mass is 32.2. The molecule has 32 heavy (non-hydrogen) atoms. The van der Waals surface area contributed by atoms with Crippen LogP contribution in [-0.2, 0) is 4.79 Å². The average Bonchev–Trinajstić information content (AvgIpc) is 3.09. The van der Waals surface area contributed by atoms with Gasteiger partial charge in [-0.1, -0.05) is 55.5 Å². The number of likely N-dealkylation sites (N-methyl/N-ethyl adjacent to an activating group) is 1. The number of amides is 1. The van der Waals surface area contributed by atoms with Crippen molar-refractivity contribution in [1.82, 2.24) is 4.90 Å². The van der Waals surface area contributed by atoms with E-state index in [1.54, 1.807) is 4.90 Å². The van der Waals surface area contributed by atoms with Crippen LogP contribution in [0.5, 0.6) is 5.75 Å². The molecule has 0 aromatic heterocycles. The van der Waals surface area contributed by atoms with E-state index < -0.39 is 0 Å². The Bertz CT molecular complexity index is 1210. The predicted molar refractivity (Wildman–Crippen MR) is 136 cm³/mol. The molecule has 1 saturated heterocycles. The number of aliphatic imine (C=N–C) groups is 1. The molecule has 0 bridgehead atoms. The highest BCUT2D eigenvalue weighted by Crippen LogP contribution is 2.38. The van der Waals surface area contributed by atoms with Gasteiger partial charge in [0.15, 0.2) is 5.17 Å². The number of rotatable bonds is 6. The molecule has 0 spiro atoms. The van der Waals surface area contributed by atoms with Gasteiger partial charge in [-0.25, -0.2) is 4.99 Å². The molecule has 1 aliphatic heterocycles. The number of amidine groups is 1. The van der Waals surface area contributed by atoms with Crippen LogP contribution in [-0.4, -0.2) is 29.1 Å². The summed E-state index contributed by atoms with van der Waals surface area (Å²) in [5.74, 6) is 0.784. The maximum atomic E-state index is 13.3. The highest BCUT2D eigenvalue weighted by Gasteiger charge is 2.33. The average molecular weight is 445 g/mol. The van der Waals surface area contributed by atoms with Gasteiger partial charge in [-0.3, -0.25) is 9.69 Å². The third-order valence-corrected chi connectivity index (χ3v) is 6.53. The molecule has 0 unspecified atom stereocenters. The molecular weight excluding hydrogens is 416 g/mol. The summed E-state index contributed by atoms with van der Waals surface area (Å²) in [6.45, 7) is 9.38. The van der Waals surface area contributed by atoms with Crippen LogP contribution in [0.3, 0.4) is 0 Å². The molecule has 0 radical (unpaired) electrons. The molecule has 0 atom stereocenters. The lowest BCUT2D eigenvalue weighted by molar-refractivity contribution is -0.122. The Labute approximate surface area is 194 Å². The molecule has 164 valence electrons. The predicted octanol–water partition coefficient (Wildman–Crippen LogP) is 6.87. The van der Waals surface area contributed by atoms with Gasteiger partial charge in [-0.05, 0) is 73.0 Å². The lowest BCUT2D eigenvalue weighted by Crippen LogP contribution is -2.28. The SMILES string of the molecule is CCCOc1ccc2ccccc2c1/C=C1/SC(=Nc2c(C)cccc2C)N(CC)C1=O. The van der Waals surface area contributed by atoms with E-state index in [2.05, 4.69) is 25.1 Å². The first kappa shape index (κ1) is 22.2. The van der Waals surface area contributed by atoms with Gasteiger partial charge in [-0.2, -0.15) is 0 Å². The largest absolute Gasteiger partial charge is 0.493 e. The number of fused-ring (bicyclic) bond motifs is 1. The van der Waals surface area contributed by atoms with Crippen molar-refractivity contribution in [2.24, 2.45) is 4.99 Å². The van der Waals surface area contributed by atoms with E-state index in [0.717, 1.165) is 50.5 Å². The second-order valence-electron chi connectivity index (χ2n) is 7.84. The van der Waals surface area contributed by atoms with Crippen LogP contribution in [0.1, 0.15) is 37.0 Å². The molecule has 0 N–H and O–H groups in total. The van der Waals surface area contributed by atoms with Crippen molar-refractivity contribution >= 4 is 45.4 Å². The second-order valence-corrected chi connectivity index (χ2v) is 8.85. The number of ether oxygens (including phenoxy) is 1. The molecule has 1 aliphatic rings. The number of thioether (sulfide) groups is 1. The standard InChI is InChI=1S/C27H28N2O2S/c1-5-16-31-23-15-14-20-12-7-8-13-21(20)22(23)17-24-26(30)29(6-2)27(32-24)28-25-18(3)10-9-11-19(25)4/h7-15,17H,5-6,16H2,1-4H3/b24-17+,28-27?. The third kappa shape index (κ3) is 4.30. The number of aryl methyl sites for hydroxylation is 2. The van der Waals surface area contributed by atoms with Crippen LogP contribution in [0.2, 0.25) is 0 Å². The van der Waals surface area contributed by atoms with Crippen molar-refractivity contribution in [1.29, 1.82) is 0 Å². The fraction of sp³-hybridized carbons (Fsp3) is 0.259. The summed E-state index contributed by atoms with van der Waals surface area (Å²) in [4.78, 5) is 20.6. The molecule has 5 heteroatoms. The fourth-order valence-electron chi connectivity index (χ4n) is 3.84. The van der Waals surface area contributed by atoms with Crippen molar-refractivity contribution in [3.63, 3.8) is 0 Å². The van der Waals surface area contributed by atoms with E-state index in [9.17, 15) is 4.79 Å². The maximum absolute atomic E-state index is 13.3. The normalized spacial score (nSPS) is 16.5. The number of benzene rings is 3. The zero-order valence-corrected chi connectivity index (χ0v) is 19.8. The van der Waals surface area contributed by atoms with Gasteiger partial charge in [0.25, 0.3) is 5.91 Å². The lowest BCUT2D eigenvalue weighted by Gasteiger charge is -2.13. The van der Waals surface area contributed by atoms with Crippen LogP contribution >= 0.6 is 11.8 Å². The van der Waals surface area contributed by atoms with E-state index in [-0.39, 0.29) is 5.91 Å². The quantitative estimate of drug-likeness (QED) is 0.390. The van der Waals surface area contributed by atoms with Crippen LogP contribution in [0.25, 0.3) is 16.8 Å². The van der Waals surface area contributed by atoms with Gasteiger partial charge < -0.3 is 4.74 Å². The van der Waals surface area contributed by atoms with Gasteiger partial charge in [0.2, 0.25) is 0 Å². The number of carbonyl (C=O) groups is 1. The summed E-state index contributed by atoms with van der Waals surface area (Å²) in [5.41, 5.74) is 4.07. The minimum absolute atomic E-state index is 0.0168. The molecule has 1 heterocycles. The zero-order valence-electron chi connectivity index (χ0n) is 19.0. The minimum Gasteiger partial charge on any atom is -0.493 e. The smallest absolute Gasteiger partial charge is 0.266 e. The summed E-state index contributed by atoms with van der Waals surface area (Å²) in [6, 6.07) is 18.4. The first-order valence-corrected chi connectivity index (χ1v) is 11.9. The van der Waals surface area contributed by atoms with Crippen LogP contribution in [0.4, 0.5) is 5.69 Å². The number of para-hydroxylation sites is 1. The number of hydrogen-bond donors (Lipinski definition) is 0. The topological polar surface area (TPSA) is 41.9 Å². The van der Waals surface area contributed by atoms with E-state index in [4.69, 9.17) is 9.73 Å². The Hall–Kier alpha value is -3.05. The van der Waals surface area contributed by atoms with Crippen molar-refractivity contribution in [3.05, 3.63) is 76.2 Å². The Kier molecular flexibility index (Phi) is 6.66. The Balaban J connectivity index is 1.81. The van der Waals surface area contributed by atoms with Gasteiger partial charge in [0.05, 0.1) is 17.2 Å². The number of hydrogen-bond acceptors (Lipinski definition) is 4. The van der Waals surface area contributed by atoms with Crippen LogP contribution in [0, 0.1) is 13.8 Å². The minimum atomic E-state index is -0.0168. The first-order chi connectivity index (χ1) is 15.5. The molecule has 0 saturated carbocycles. The molecule has 3 aromatic rings. The summed E-state index contributed by atoms with van der Waals surface area (Å²) < 4.78 is 6.04. The highest BCUT2D eigenvalue weighted by molar-refractivity contribution is 8.18. The number of carbonyl (C=O) groups excluding carboxylic acids is 1. The van der Waals surface area contributed by atoms with Gasteiger partial charge in [-0.15, -0.1) is 0 Å². The van der Waals surface area contributed by atoms with Crippen molar-refractivity contribution in [3.8, 4) is 5.75 Å². The maximum Gasteiger partial charge on any atom is 0.266 e. The van der Waals surface area contributed by atoms with Crippen LogP contribution < -0.4 is 4.74 Å². The Morgan fingerprint density at radius 2 is 1.75 bits per heavy atom. The molecular formula is C27H28N2O2S. The summed E-state index contributed by atoms with van der Waals surface area (Å²) in [5, 5.41) is 2.91. The third-order valence-electron chi connectivity index (χ3n) is 5.52. The monoisotopic (exact) mass is 444 g/mol. The van der Waals surface area contributed by atoms with Crippen LogP contribution in [0.15, 0.2) is 64.5 Å². The zero-order chi connectivity index (χ0) is 22.7. The second kappa shape index (κ2) is 9.61. The molecule has 4 nitrogen and oxygen atoms in total. The summed E-state index contributed by atoms with van der Waals surface area (Å²) >= 11 is 1.43. The van der Waals surface area contributed by atoms with E-state index in [1.165, 1.54) is 11.8 Å². The Morgan fingerprint density at radius 3 is 2.47 bits per heavy atom. The van der Waals surface area contributed by atoms with E-state index in [1.807, 2.05) is 63.2 Å². The molecule has 1 fully saturated rings. The summed E-state index contributed by atoms with van der Waals surface area (Å²) in [7, 11) is 0. The van der Waals surface area contributed by atoms with E-state index in [0.29, 0.717) is 18.1 Å². The van der Waals surface area contributed by atoms with Gasteiger partial charge >= 0.3 is 0 Å². The Morgan fingerprint density at radius 1 is 1.00 bits per heavy atom. The molecule has 4 rings (SSSR count). The van der Waals surface area contributed by atoms with Crippen molar-refractivity contribution in [2.45, 2.75) is 34.1 Å².